The lowest BCUT2D eigenvalue weighted by atomic mass is 9.89. The summed E-state index contributed by atoms with van der Waals surface area (Å²) < 4.78 is 40.8. The Hall–Kier alpha value is -5.61. The van der Waals surface area contributed by atoms with Crippen molar-refractivity contribution >= 4 is 52.7 Å². The Morgan fingerprint density at radius 2 is 1.54 bits per heavy atom. The molecule has 1 N–H and O–H groups in total. The van der Waals surface area contributed by atoms with E-state index in [0.29, 0.717) is 30.2 Å². The molecule has 1 amide bonds. The van der Waals surface area contributed by atoms with Gasteiger partial charge in [-0.2, -0.15) is 5.26 Å². The first kappa shape index (κ1) is 44.8. The lowest BCUT2D eigenvalue weighted by Gasteiger charge is -2.44. The fourth-order valence-electron chi connectivity index (χ4n) is 6.13. The lowest BCUT2D eigenvalue weighted by Crippen LogP contribution is -2.63. The zero-order chi connectivity index (χ0) is 41.9. The molecule has 0 radical (unpaired) electrons. The van der Waals surface area contributed by atoms with Gasteiger partial charge in [-0.1, -0.05) is 20.8 Å². The van der Waals surface area contributed by atoms with Gasteiger partial charge in [0.05, 0.1) is 37.3 Å². The van der Waals surface area contributed by atoms with E-state index in [1.54, 1.807) is 12.1 Å². The van der Waals surface area contributed by atoms with Crippen LogP contribution in [0.15, 0.2) is 22.4 Å². The number of nitriles is 1. The number of nitrogens with zero attached hydrogens (tertiary/aromatic N) is 6. The van der Waals surface area contributed by atoms with Crippen LogP contribution in [0.25, 0.3) is 0 Å². The number of amides is 1. The molecule has 0 spiro atoms. The fourth-order valence-corrected chi connectivity index (χ4v) is 6.13. The summed E-state index contributed by atoms with van der Waals surface area (Å²) in [4.78, 5) is 62.4. The van der Waals surface area contributed by atoms with E-state index >= 15 is 0 Å². The van der Waals surface area contributed by atoms with Crippen molar-refractivity contribution in [2.75, 3.05) is 43.6 Å². The molecule has 1 aliphatic heterocycles. The van der Waals surface area contributed by atoms with E-state index in [-0.39, 0.29) is 36.1 Å². The number of hydrogen-bond acceptors (Lipinski definition) is 17. The van der Waals surface area contributed by atoms with Crippen molar-refractivity contribution in [1.29, 1.82) is 5.26 Å². The molecule has 0 saturated carbocycles. The molecule has 3 rings (SSSR count). The Labute approximate surface area is 325 Å². The number of ether oxygens (including phenoxy) is 7. The number of esters is 4. The van der Waals surface area contributed by atoms with Gasteiger partial charge in [-0.25, -0.2) is 0 Å². The van der Waals surface area contributed by atoms with Gasteiger partial charge in [-0.15, -0.1) is 15.3 Å². The molecular formula is C37H51N7O12. The maximum Gasteiger partial charge on any atom is 0.303 e. The zero-order valence-electron chi connectivity index (χ0n) is 33.7. The number of anilines is 2. The molecule has 1 aromatic carbocycles. The van der Waals surface area contributed by atoms with Crippen LogP contribution in [0.3, 0.4) is 0 Å². The highest BCUT2D eigenvalue weighted by atomic mass is 16.7. The summed E-state index contributed by atoms with van der Waals surface area (Å²) in [7, 11) is 1.52. The molecule has 19 nitrogen and oxygen atoms in total. The summed E-state index contributed by atoms with van der Waals surface area (Å²) in [5, 5.41) is 26.5. The van der Waals surface area contributed by atoms with Crippen molar-refractivity contribution in [2.24, 2.45) is 10.2 Å². The first-order valence-corrected chi connectivity index (χ1v) is 17.9. The first-order valence-electron chi connectivity index (χ1n) is 17.9. The number of nitrogens with one attached hydrogen (secondary N) is 1. The molecule has 306 valence electrons. The van der Waals surface area contributed by atoms with Gasteiger partial charge in [0.25, 0.3) is 0 Å². The normalized spacial score (nSPS) is 19.4. The summed E-state index contributed by atoms with van der Waals surface area (Å²) in [6.07, 6.45) is -6.78. The van der Waals surface area contributed by atoms with E-state index in [4.69, 9.17) is 33.2 Å². The molecule has 5 atom stereocenters. The molecule has 1 fully saturated rings. The van der Waals surface area contributed by atoms with Gasteiger partial charge in [0, 0.05) is 59.2 Å². The number of rotatable bonds is 16. The molecule has 1 aromatic heterocycles. The van der Waals surface area contributed by atoms with Crippen LogP contribution in [0.5, 0.6) is 5.75 Å². The van der Waals surface area contributed by atoms with E-state index in [1.807, 2.05) is 34.6 Å². The molecule has 1 saturated heterocycles. The van der Waals surface area contributed by atoms with Gasteiger partial charge in [-0.3, -0.25) is 28.7 Å². The Kier molecular flexibility index (Phi) is 15.8. The smallest absolute Gasteiger partial charge is 0.303 e. The van der Waals surface area contributed by atoms with Crippen LogP contribution in [0, 0.1) is 11.3 Å². The summed E-state index contributed by atoms with van der Waals surface area (Å²) >= 11 is 0. The van der Waals surface area contributed by atoms with Crippen LogP contribution in [0.4, 0.5) is 22.9 Å². The number of benzene rings is 1. The highest BCUT2D eigenvalue weighted by Crippen LogP contribution is 2.40. The number of aromatic nitrogens is 2. The minimum atomic E-state index is -1.42. The first-order chi connectivity index (χ1) is 26.3. The quantitative estimate of drug-likeness (QED) is 0.141. The third kappa shape index (κ3) is 11.7. The zero-order valence-corrected chi connectivity index (χ0v) is 33.7. The molecule has 0 bridgehead atoms. The third-order valence-electron chi connectivity index (χ3n) is 8.25. The minimum Gasteiger partial charge on any atom is -0.494 e. The number of azo groups is 1. The van der Waals surface area contributed by atoms with Gasteiger partial charge in [0.1, 0.15) is 35.8 Å². The van der Waals surface area contributed by atoms with Crippen molar-refractivity contribution < 1.29 is 57.1 Å². The Morgan fingerprint density at radius 1 is 0.929 bits per heavy atom. The van der Waals surface area contributed by atoms with Crippen LogP contribution in [-0.4, -0.2) is 104 Å². The van der Waals surface area contributed by atoms with E-state index < -0.39 is 66.6 Å². The monoisotopic (exact) mass is 785 g/mol. The maximum absolute atomic E-state index is 12.2. The number of hydrogen-bond donors (Lipinski definition) is 1. The van der Waals surface area contributed by atoms with Crippen LogP contribution in [0.1, 0.15) is 80.5 Å². The molecule has 19 heteroatoms. The summed E-state index contributed by atoms with van der Waals surface area (Å²) in [5.41, 5.74) is 1.37. The molecule has 2 aromatic rings. The summed E-state index contributed by atoms with van der Waals surface area (Å²) in [5.74, 6) is -2.82. The van der Waals surface area contributed by atoms with Gasteiger partial charge in [0.15, 0.2) is 24.6 Å². The van der Waals surface area contributed by atoms with Gasteiger partial charge in [0.2, 0.25) is 11.7 Å². The van der Waals surface area contributed by atoms with Crippen molar-refractivity contribution in [3.63, 3.8) is 0 Å². The van der Waals surface area contributed by atoms with E-state index in [2.05, 4.69) is 31.6 Å². The van der Waals surface area contributed by atoms with Crippen molar-refractivity contribution in [3.8, 4) is 11.8 Å². The topological polar surface area (TPSA) is 232 Å². The summed E-state index contributed by atoms with van der Waals surface area (Å²) in [6, 6.07) is 5.57. The highest BCUT2D eigenvalue weighted by molar-refractivity contribution is 5.93. The Bertz CT molecular complexity index is 1830. The van der Waals surface area contributed by atoms with Crippen molar-refractivity contribution in [3.05, 3.63) is 23.4 Å². The molecule has 2 heterocycles. The molecular weight excluding hydrogens is 734 g/mol. The second kappa shape index (κ2) is 19.8. The van der Waals surface area contributed by atoms with Crippen molar-refractivity contribution in [1.82, 2.24) is 9.78 Å². The lowest BCUT2D eigenvalue weighted by molar-refractivity contribution is -0.308. The maximum atomic E-state index is 12.2. The largest absolute Gasteiger partial charge is 0.494 e. The molecule has 1 aliphatic rings. The van der Waals surface area contributed by atoms with Crippen LogP contribution in [-0.2, 0) is 64.4 Å². The predicted molar refractivity (Wildman–Crippen MR) is 199 cm³/mol. The second-order valence-electron chi connectivity index (χ2n) is 13.7. The van der Waals surface area contributed by atoms with Crippen molar-refractivity contribution in [2.45, 2.75) is 112 Å². The van der Waals surface area contributed by atoms with Gasteiger partial charge in [-0.05, 0) is 19.9 Å². The predicted octanol–water partition coefficient (Wildman–Crippen LogP) is 4.38. The summed E-state index contributed by atoms with van der Waals surface area (Å²) in [6.45, 7) is 16.3. The van der Waals surface area contributed by atoms with Crippen LogP contribution < -0.4 is 15.0 Å². The number of methoxy groups -OCH3 is 1. The van der Waals surface area contributed by atoms with Gasteiger partial charge >= 0.3 is 23.9 Å². The highest BCUT2D eigenvalue weighted by Gasteiger charge is 2.52. The Balaban J connectivity index is 2.04. The SMILES string of the molecule is CCN(CC)c1cc(NC(C)=O)c(N=Nc2nn(CCOC3O[C@H](COC(C)=O)C(OC(C)=O)[C@H](OC(C)=O)C3OC(C)=O)c(C(C)(C)C)c2C#N)cc1OC. The minimum absolute atomic E-state index is 0.00715. The third-order valence-corrected chi connectivity index (χ3v) is 8.25. The van der Waals surface area contributed by atoms with Crippen LogP contribution >= 0.6 is 0 Å². The number of carbonyl (C=O) groups excluding carboxylic acids is 5. The standard InChI is InChI=1S/C37H51N7O12/c1-12-43(13-2)28-16-26(39-20(3)45)27(17-29(28)50-11)40-41-35-25(18-38)34(37(8,9)10)44(42-35)14-15-51-36-33(55-24(7)49)32(54-23(6)48)31(53-22(5)47)30(56-36)19-52-21(4)46/h16-17,30-33,36H,12-15,19H2,1-11H3,(H,39,45)/t30-,31?,32+,33?,36?/m1/s1. The van der Waals surface area contributed by atoms with E-state index in [1.165, 1.54) is 25.6 Å². The molecule has 0 aliphatic carbocycles. The van der Waals surface area contributed by atoms with Gasteiger partial charge < -0.3 is 43.4 Å². The average molecular weight is 786 g/mol. The fraction of sp³-hybridized carbons (Fsp3) is 0.595. The average Bonchev–Trinajstić information content (AvgIpc) is 3.47. The van der Waals surface area contributed by atoms with E-state index in [0.717, 1.165) is 26.5 Å². The number of carbonyl (C=O) groups is 5. The van der Waals surface area contributed by atoms with E-state index in [9.17, 15) is 29.2 Å². The molecule has 3 unspecified atom stereocenters. The molecule has 56 heavy (non-hydrogen) atoms. The van der Waals surface area contributed by atoms with Crippen LogP contribution in [0.2, 0.25) is 0 Å². The Morgan fingerprint density at radius 3 is 2.05 bits per heavy atom. The second-order valence-corrected chi connectivity index (χ2v) is 13.7.